The van der Waals surface area contributed by atoms with Crippen molar-refractivity contribution in [3.05, 3.63) is 107 Å². The predicted molar refractivity (Wildman–Crippen MR) is 147 cm³/mol. The first kappa shape index (κ1) is 29.9. The molecule has 208 valence electrons. The van der Waals surface area contributed by atoms with Crippen LogP contribution in [0.15, 0.2) is 84.9 Å². The zero-order valence-corrected chi connectivity index (χ0v) is 22.7. The molecular weight excluding hydrogens is 521 g/mol. The Kier molecular flexibility index (Phi) is 11.2. The van der Waals surface area contributed by atoms with Crippen molar-refractivity contribution < 1.29 is 27.5 Å². The fourth-order valence-electron chi connectivity index (χ4n) is 4.07. The Bertz CT molecular complexity index is 1310. The Morgan fingerprint density at radius 2 is 1.44 bits per heavy atom. The number of carbonyl (C=O) groups is 2. The summed E-state index contributed by atoms with van der Waals surface area (Å²) in [6.07, 6.45) is 1.56. The highest BCUT2D eigenvalue weighted by molar-refractivity contribution is 7.88. The maximum Gasteiger partial charge on any atom is 0.243 e. The Morgan fingerprint density at radius 1 is 0.872 bits per heavy atom. The van der Waals surface area contributed by atoms with Crippen LogP contribution < -0.4 is 5.32 Å². The van der Waals surface area contributed by atoms with Gasteiger partial charge >= 0.3 is 0 Å². The molecule has 0 aliphatic heterocycles. The van der Waals surface area contributed by atoms with Crippen molar-refractivity contribution >= 4 is 21.8 Å². The number of benzene rings is 3. The van der Waals surface area contributed by atoms with E-state index in [0.29, 0.717) is 17.5 Å². The Morgan fingerprint density at radius 3 is 2.00 bits per heavy atom. The van der Waals surface area contributed by atoms with Crippen molar-refractivity contribution in [3.8, 4) is 0 Å². The fraction of sp³-hybridized carbons (Fsp3) is 0.310. The lowest BCUT2D eigenvalue weighted by Crippen LogP contribution is -2.53. The number of nitrogens with one attached hydrogen (secondary N) is 1. The van der Waals surface area contributed by atoms with Gasteiger partial charge in [-0.05, 0) is 35.2 Å². The lowest BCUT2D eigenvalue weighted by Gasteiger charge is -2.33. The van der Waals surface area contributed by atoms with Gasteiger partial charge in [-0.2, -0.15) is 4.31 Å². The molecule has 3 aromatic carbocycles. The summed E-state index contributed by atoms with van der Waals surface area (Å²) in [5.41, 5.74) is 2.10. The third-order valence-electron chi connectivity index (χ3n) is 6.15. The SMILES string of the molecule is CS(=O)(=O)N(CC(=O)N(Cc1ccc(F)cc1)C(Cc1ccccc1)C(=O)NCCCO)Cc1ccccc1. The van der Waals surface area contributed by atoms with Gasteiger partial charge in [0.15, 0.2) is 0 Å². The van der Waals surface area contributed by atoms with Gasteiger partial charge in [-0.25, -0.2) is 12.8 Å². The van der Waals surface area contributed by atoms with E-state index in [-0.39, 0.29) is 32.7 Å². The number of hydrogen-bond donors (Lipinski definition) is 2. The van der Waals surface area contributed by atoms with E-state index in [1.165, 1.54) is 29.2 Å². The molecular formula is C29H34FN3O5S. The van der Waals surface area contributed by atoms with Gasteiger partial charge in [-0.3, -0.25) is 9.59 Å². The molecule has 0 aliphatic carbocycles. The van der Waals surface area contributed by atoms with Crippen LogP contribution >= 0.6 is 0 Å². The molecule has 3 rings (SSSR count). The summed E-state index contributed by atoms with van der Waals surface area (Å²) in [4.78, 5) is 28.6. The molecule has 2 N–H and O–H groups in total. The summed E-state index contributed by atoms with van der Waals surface area (Å²) in [7, 11) is -3.78. The molecule has 0 spiro atoms. The molecule has 39 heavy (non-hydrogen) atoms. The van der Waals surface area contributed by atoms with Crippen molar-refractivity contribution in [1.29, 1.82) is 0 Å². The molecule has 10 heteroatoms. The van der Waals surface area contributed by atoms with Gasteiger partial charge in [0.25, 0.3) is 0 Å². The molecule has 1 atom stereocenters. The van der Waals surface area contributed by atoms with Gasteiger partial charge < -0.3 is 15.3 Å². The molecule has 0 bridgehead atoms. The van der Waals surface area contributed by atoms with E-state index in [4.69, 9.17) is 5.11 Å². The van der Waals surface area contributed by atoms with Crippen molar-refractivity contribution in [2.24, 2.45) is 0 Å². The highest BCUT2D eigenvalue weighted by Crippen LogP contribution is 2.17. The molecule has 0 heterocycles. The number of aliphatic hydroxyl groups is 1. The molecule has 2 amide bonds. The van der Waals surface area contributed by atoms with Gasteiger partial charge in [-0.15, -0.1) is 0 Å². The number of aliphatic hydroxyl groups excluding tert-OH is 1. The first-order valence-electron chi connectivity index (χ1n) is 12.6. The van der Waals surface area contributed by atoms with Gasteiger partial charge in [-0.1, -0.05) is 72.8 Å². The highest BCUT2D eigenvalue weighted by atomic mass is 32.2. The largest absolute Gasteiger partial charge is 0.396 e. The van der Waals surface area contributed by atoms with Crippen LogP contribution in [0.5, 0.6) is 0 Å². The predicted octanol–water partition coefficient (Wildman–Crippen LogP) is 2.73. The standard InChI is InChI=1S/C29H34FN3O5S/c1-39(37,38)32(20-24-11-6-3-7-12-24)22-28(35)33(21-25-13-15-26(30)16-14-25)27(29(36)31-17-8-18-34)19-23-9-4-2-5-10-23/h2-7,9-16,27,34H,8,17-22H2,1H3,(H,31,36). The molecule has 0 aromatic heterocycles. The van der Waals surface area contributed by atoms with E-state index >= 15 is 0 Å². The molecule has 8 nitrogen and oxygen atoms in total. The number of amides is 2. The van der Waals surface area contributed by atoms with Crippen LogP contribution in [0.25, 0.3) is 0 Å². The smallest absolute Gasteiger partial charge is 0.243 e. The van der Waals surface area contributed by atoms with Gasteiger partial charge in [0.2, 0.25) is 21.8 Å². The van der Waals surface area contributed by atoms with E-state index in [2.05, 4.69) is 5.32 Å². The first-order valence-corrected chi connectivity index (χ1v) is 14.5. The minimum atomic E-state index is -3.78. The lowest BCUT2D eigenvalue weighted by molar-refractivity contribution is -0.141. The minimum absolute atomic E-state index is 0.0121. The number of carbonyl (C=O) groups excluding carboxylic acids is 2. The number of sulfonamides is 1. The Hall–Kier alpha value is -3.60. The maximum atomic E-state index is 13.9. The lowest BCUT2D eigenvalue weighted by atomic mass is 10.0. The quantitative estimate of drug-likeness (QED) is 0.298. The molecule has 3 aromatic rings. The maximum absolute atomic E-state index is 13.9. The molecule has 0 radical (unpaired) electrons. The average Bonchev–Trinajstić information content (AvgIpc) is 2.92. The van der Waals surface area contributed by atoms with Crippen LogP contribution in [0.4, 0.5) is 4.39 Å². The van der Waals surface area contributed by atoms with Crippen LogP contribution in [0.2, 0.25) is 0 Å². The van der Waals surface area contributed by atoms with Gasteiger partial charge in [0.05, 0.1) is 12.8 Å². The second-order valence-corrected chi connectivity index (χ2v) is 11.2. The van der Waals surface area contributed by atoms with E-state index in [9.17, 15) is 22.4 Å². The van der Waals surface area contributed by atoms with Crippen molar-refractivity contribution in [2.75, 3.05) is 26.0 Å². The Balaban J connectivity index is 1.97. The summed E-state index contributed by atoms with van der Waals surface area (Å²) < 4.78 is 40.0. The molecule has 0 saturated heterocycles. The second-order valence-electron chi connectivity index (χ2n) is 9.24. The van der Waals surface area contributed by atoms with Gasteiger partial charge in [0, 0.05) is 32.7 Å². The minimum Gasteiger partial charge on any atom is -0.396 e. The van der Waals surface area contributed by atoms with E-state index in [1.54, 1.807) is 24.3 Å². The molecule has 0 saturated carbocycles. The molecule has 1 unspecified atom stereocenters. The number of halogens is 1. The normalized spacial score (nSPS) is 12.2. The number of hydrogen-bond acceptors (Lipinski definition) is 5. The van der Waals surface area contributed by atoms with E-state index in [1.807, 2.05) is 36.4 Å². The monoisotopic (exact) mass is 555 g/mol. The highest BCUT2D eigenvalue weighted by Gasteiger charge is 2.32. The third kappa shape index (κ3) is 9.58. The summed E-state index contributed by atoms with van der Waals surface area (Å²) in [5, 5.41) is 11.9. The summed E-state index contributed by atoms with van der Waals surface area (Å²) in [6.45, 7) is -0.424. The first-order chi connectivity index (χ1) is 18.7. The van der Waals surface area contributed by atoms with Crippen LogP contribution in [0.3, 0.4) is 0 Å². The number of rotatable bonds is 14. The van der Waals surface area contributed by atoms with Crippen molar-refractivity contribution in [1.82, 2.24) is 14.5 Å². The topological polar surface area (TPSA) is 107 Å². The van der Waals surface area contributed by atoms with Crippen LogP contribution in [0, 0.1) is 5.82 Å². The van der Waals surface area contributed by atoms with Crippen molar-refractivity contribution in [2.45, 2.75) is 32.0 Å². The van der Waals surface area contributed by atoms with E-state index < -0.39 is 40.2 Å². The van der Waals surface area contributed by atoms with E-state index in [0.717, 1.165) is 16.1 Å². The van der Waals surface area contributed by atoms with Crippen molar-refractivity contribution in [3.63, 3.8) is 0 Å². The summed E-state index contributed by atoms with van der Waals surface area (Å²) in [6, 6.07) is 22.7. The zero-order valence-electron chi connectivity index (χ0n) is 21.9. The van der Waals surface area contributed by atoms with Gasteiger partial charge in [0.1, 0.15) is 11.9 Å². The number of nitrogens with zero attached hydrogens (tertiary/aromatic N) is 2. The summed E-state index contributed by atoms with van der Waals surface area (Å²) in [5.74, 6) is -1.44. The average molecular weight is 556 g/mol. The second kappa shape index (κ2) is 14.5. The third-order valence-corrected chi connectivity index (χ3v) is 7.35. The van der Waals surface area contributed by atoms with Crippen LogP contribution in [-0.4, -0.2) is 66.5 Å². The molecule has 0 fully saturated rings. The molecule has 0 aliphatic rings. The Labute approximate surface area is 229 Å². The summed E-state index contributed by atoms with van der Waals surface area (Å²) >= 11 is 0. The zero-order chi connectivity index (χ0) is 28.3. The fourth-order valence-corrected chi connectivity index (χ4v) is 4.80. The van der Waals surface area contributed by atoms with Crippen LogP contribution in [-0.2, 0) is 39.1 Å². The van der Waals surface area contributed by atoms with Crippen LogP contribution in [0.1, 0.15) is 23.1 Å².